The van der Waals surface area contributed by atoms with Crippen LogP contribution in [0.1, 0.15) is 43.9 Å². The summed E-state index contributed by atoms with van der Waals surface area (Å²) in [6.07, 6.45) is 0.287. The lowest BCUT2D eigenvalue weighted by molar-refractivity contribution is -0.144. The van der Waals surface area contributed by atoms with Crippen molar-refractivity contribution in [2.24, 2.45) is 0 Å². The maximum absolute atomic E-state index is 11.7. The monoisotopic (exact) mass is 263 g/mol. The molecule has 0 aliphatic carbocycles. The van der Waals surface area contributed by atoms with Gasteiger partial charge in [0, 0.05) is 6.42 Å². The molecule has 1 aromatic rings. The standard InChI is InChI=1S/C15H21NO3/c1-4-19-15(18)9-8-14(17)16-12(3)13-7-5-6-11(2)10-13/h5-7,10,12H,4,8-9H2,1-3H3,(H,16,17)/t12-/m0/s1. The van der Waals surface area contributed by atoms with Gasteiger partial charge >= 0.3 is 5.97 Å². The fourth-order valence-electron chi connectivity index (χ4n) is 1.79. The third kappa shape index (κ3) is 5.55. The summed E-state index contributed by atoms with van der Waals surface area (Å²) in [5.74, 6) is -0.470. The van der Waals surface area contributed by atoms with Crippen LogP contribution in [-0.2, 0) is 14.3 Å². The molecule has 4 heteroatoms. The van der Waals surface area contributed by atoms with E-state index in [0.29, 0.717) is 6.61 Å². The van der Waals surface area contributed by atoms with Crippen LogP contribution in [0, 0.1) is 6.92 Å². The van der Waals surface area contributed by atoms with Gasteiger partial charge in [-0.3, -0.25) is 9.59 Å². The number of amides is 1. The van der Waals surface area contributed by atoms with Crippen LogP contribution in [0.4, 0.5) is 0 Å². The highest BCUT2D eigenvalue weighted by Gasteiger charge is 2.11. The van der Waals surface area contributed by atoms with Crippen molar-refractivity contribution in [1.82, 2.24) is 5.32 Å². The molecule has 1 amide bonds. The quantitative estimate of drug-likeness (QED) is 0.802. The summed E-state index contributed by atoms with van der Waals surface area (Å²) in [6.45, 7) is 6.04. The van der Waals surface area contributed by atoms with Crippen LogP contribution in [0.15, 0.2) is 24.3 Å². The minimum atomic E-state index is -0.333. The number of aryl methyl sites for hydroxylation is 1. The van der Waals surface area contributed by atoms with E-state index >= 15 is 0 Å². The maximum Gasteiger partial charge on any atom is 0.306 e. The van der Waals surface area contributed by atoms with Crippen LogP contribution in [0.5, 0.6) is 0 Å². The first-order valence-electron chi connectivity index (χ1n) is 6.54. The Balaban J connectivity index is 2.42. The molecule has 0 spiro atoms. The summed E-state index contributed by atoms with van der Waals surface area (Å²) in [5, 5.41) is 2.87. The Morgan fingerprint density at radius 3 is 2.68 bits per heavy atom. The highest BCUT2D eigenvalue weighted by Crippen LogP contribution is 2.13. The first-order chi connectivity index (χ1) is 9.02. The number of carbonyl (C=O) groups excluding carboxylic acids is 2. The van der Waals surface area contributed by atoms with E-state index in [9.17, 15) is 9.59 Å². The van der Waals surface area contributed by atoms with Gasteiger partial charge in [0.2, 0.25) is 5.91 Å². The van der Waals surface area contributed by atoms with Gasteiger partial charge in [0.1, 0.15) is 0 Å². The van der Waals surface area contributed by atoms with Crippen molar-refractivity contribution >= 4 is 11.9 Å². The second-order valence-electron chi connectivity index (χ2n) is 4.51. The van der Waals surface area contributed by atoms with E-state index in [1.54, 1.807) is 6.92 Å². The molecule has 4 nitrogen and oxygen atoms in total. The molecule has 0 radical (unpaired) electrons. The number of rotatable bonds is 6. The summed E-state index contributed by atoms with van der Waals surface area (Å²) < 4.78 is 4.78. The van der Waals surface area contributed by atoms with E-state index in [0.717, 1.165) is 11.1 Å². The zero-order chi connectivity index (χ0) is 14.3. The Morgan fingerprint density at radius 2 is 2.05 bits per heavy atom. The van der Waals surface area contributed by atoms with Crippen LogP contribution >= 0.6 is 0 Å². The lowest BCUT2D eigenvalue weighted by Crippen LogP contribution is -2.27. The molecule has 0 heterocycles. The molecule has 1 aromatic carbocycles. The molecule has 0 aromatic heterocycles. The van der Waals surface area contributed by atoms with Gasteiger partial charge in [0.25, 0.3) is 0 Å². The predicted molar refractivity (Wildman–Crippen MR) is 73.6 cm³/mol. The average Bonchev–Trinajstić information content (AvgIpc) is 2.36. The van der Waals surface area contributed by atoms with E-state index in [-0.39, 0.29) is 30.8 Å². The molecular formula is C15H21NO3. The van der Waals surface area contributed by atoms with Crippen LogP contribution in [0.25, 0.3) is 0 Å². The lowest BCUT2D eigenvalue weighted by Gasteiger charge is -2.14. The number of carbonyl (C=O) groups is 2. The van der Waals surface area contributed by atoms with Gasteiger partial charge in [-0.25, -0.2) is 0 Å². The van der Waals surface area contributed by atoms with Crippen molar-refractivity contribution in [3.63, 3.8) is 0 Å². The number of ether oxygens (including phenoxy) is 1. The van der Waals surface area contributed by atoms with Gasteiger partial charge in [-0.2, -0.15) is 0 Å². The third-order valence-electron chi connectivity index (χ3n) is 2.78. The number of hydrogen-bond donors (Lipinski definition) is 1. The van der Waals surface area contributed by atoms with Crippen molar-refractivity contribution in [3.8, 4) is 0 Å². The van der Waals surface area contributed by atoms with Crippen molar-refractivity contribution in [2.75, 3.05) is 6.61 Å². The van der Waals surface area contributed by atoms with Gasteiger partial charge in [-0.05, 0) is 26.3 Å². The highest BCUT2D eigenvalue weighted by molar-refractivity contribution is 5.81. The molecule has 0 bridgehead atoms. The molecule has 0 aliphatic rings. The molecule has 104 valence electrons. The van der Waals surface area contributed by atoms with Crippen molar-refractivity contribution in [1.29, 1.82) is 0 Å². The molecule has 0 saturated carbocycles. The van der Waals surface area contributed by atoms with Crippen LogP contribution in [0.3, 0.4) is 0 Å². The Kier molecular flexibility index (Phi) is 6.06. The van der Waals surface area contributed by atoms with Crippen LogP contribution in [0.2, 0.25) is 0 Å². The number of hydrogen-bond acceptors (Lipinski definition) is 3. The zero-order valence-electron chi connectivity index (χ0n) is 11.7. The molecule has 1 atom stereocenters. The third-order valence-corrected chi connectivity index (χ3v) is 2.78. The Hall–Kier alpha value is -1.84. The summed E-state index contributed by atoms with van der Waals surface area (Å²) >= 11 is 0. The summed E-state index contributed by atoms with van der Waals surface area (Å²) in [4.78, 5) is 22.8. The smallest absolute Gasteiger partial charge is 0.306 e. The maximum atomic E-state index is 11.7. The number of benzene rings is 1. The Morgan fingerprint density at radius 1 is 1.32 bits per heavy atom. The molecule has 19 heavy (non-hydrogen) atoms. The van der Waals surface area contributed by atoms with Gasteiger partial charge in [0.05, 0.1) is 19.1 Å². The van der Waals surface area contributed by atoms with E-state index < -0.39 is 0 Å². The van der Waals surface area contributed by atoms with Crippen molar-refractivity contribution in [2.45, 2.75) is 39.7 Å². The second-order valence-corrected chi connectivity index (χ2v) is 4.51. The van der Waals surface area contributed by atoms with Gasteiger partial charge in [-0.1, -0.05) is 29.8 Å². The molecule has 1 N–H and O–H groups in total. The second kappa shape index (κ2) is 7.56. The molecule has 0 aliphatic heterocycles. The number of nitrogens with one attached hydrogen (secondary N) is 1. The van der Waals surface area contributed by atoms with Gasteiger partial charge in [-0.15, -0.1) is 0 Å². The van der Waals surface area contributed by atoms with Gasteiger partial charge < -0.3 is 10.1 Å². The Bertz CT molecular complexity index is 443. The SMILES string of the molecule is CCOC(=O)CCC(=O)N[C@@H](C)c1cccc(C)c1. The zero-order valence-corrected chi connectivity index (χ0v) is 11.7. The fraction of sp³-hybridized carbons (Fsp3) is 0.467. The van der Waals surface area contributed by atoms with Crippen molar-refractivity contribution < 1.29 is 14.3 Å². The summed E-state index contributed by atoms with van der Waals surface area (Å²) in [7, 11) is 0. The molecule has 0 fully saturated rings. The van der Waals surface area contributed by atoms with E-state index in [1.807, 2.05) is 38.1 Å². The van der Waals surface area contributed by atoms with Crippen molar-refractivity contribution in [3.05, 3.63) is 35.4 Å². The van der Waals surface area contributed by atoms with E-state index in [4.69, 9.17) is 4.74 Å². The molecule has 0 unspecified atom stereocenters. The molecule has 1 rings (SSSR count). The summed E-state index contributed by atoms with van der Waals surface area (Å²) in [5.41, 5.74) is 2.22. The van der Waals surface area contributed by atoms with E-state index in [1.165, 1.54) is 0 Å². The van der Waals surface area contributed by atoms with Crippen LogP contribution < -0.4 is 5.32 Å². The molecule has 0 saturated heterocycles. The fourth-order valence-corrected chi connectivity index (χ4v) is 1.79. The van der Waals surface area contributed by atoms with Crippen LogP contribution in [-0.4, -0.2) is 18.5 Å². The summed E-state index contributed by atoms with van der Waals surface area (Å²) in [6, 6.07) is 7.93. The topological polar surface area (TPSA) is 55.4 Å². The number of esters is 1. The molecular weight excluding hydrogens is 242 g/mol. The minimum absolute atomic E-state index is 0.0606. The average molecular weight is 263 g/mol. The lowest BCUT2D eigenvalue weighted by atomic mass is 10.1. The predicted octanol–water partition coefficient (Wildman–Crippen LogP) is 2.52. The minimum Gasteiger partial charge on any atom is -0.466 e. The first-order valence-corrected chi connectivity index (χ1v) is 6.54. The van der Waals surface area contributed by atoms with Gasteiger partial charge in [0.15, 0.2) is 0 Å². The Labute approximate surface area is 114 Å². The van der Waals surface area contributed by atoms with E-state index in [2.05, 4.69) is 5.32 Å². The normalized spacial score (nSPS) is 11.7. The first kappa shape index (κ1) is 15.2. The largest absolute Gasteiger partial charge is 0.466 e. The highest BCUT2D eigenvalue weighted by atomic mass is 16.5.